The Balaban J connectivity index is 2.38. The van der Waals surface area contributed by atoms with Crippen LogP contribution in [0.5, 0.6) is 0 Å². The highest BCUT2D eigenvalue weighted by Gasteiger charge is 2.25. The largest absolute Gasteiger partial charge is 0.637 e. The van der Waals surface area contributed by atoms with Crippen molar-refractivity contribution in [3.63, 3.8) is 0 Å². The molecule has 0 saturated carbocycles. The molecule has 0 bridgehead atoms. The summed E-state index contributed by atoms with van der Waals surface area (Å²) in [5.41, 5.74) is 0. The maximum absolute atomic E-state index is 8.99. The molecule has 0 aromatic heterocycles. The average Bonchev–Trinajstić information content (AvgIpc) is 1.93. The van der Waals surface area contributed by atoms with Crippen molar-refractivity contribution in [2.24, 2.45) is 0 Å². The molecular weight excluding hydrogens is 131 g/mol. The van der Waals surface area contributed by atoms with Gasteiger partial charge in [-0.05, 0) is 26.7 Å². The van der Waals surface area contributed by atoms with E-state index in [-0.39, 0.29) is 12.2 Å². The van der Waals surface area contributed by atoms with Gasteiger partial charge in [0.25, 0.3) is 0 Å². The molecule has 0 aromatic rings. The van der Waals surface area contributed by atoms with E-state index in [0.717, 1.165) is 12.8 Å². The van der Waals surface area contributed by atoms with Gasteiger partial charge in [-0.3, -0.25) is 0 Å². The first-order chi connectivity index (χ1) is 4.68. The summed E-state index contributed by atoms with van der Waals surface area (Å²) < 4.78 is 10.0. The van der Waals surface area contributed by atoms with Gasteiger partial charge in [0.2, 0.25) is 0 Å². The summed E-state index contributed by atoms with van der Waals surface area (Å²) in [6.45, 7) is 3.87. The van der Waals surface area contributed by atoms with Crippen molar-refractivity contribution in [2.75, 3.05) is 0 Å². The Labute approximate surface area is 61.5 Å². The molecule has 2 atom stereocenters. The van der Waals surface area contributed by atoms with Gasteiger partial charge in [0, 0.05) is 12.2 Å². The fourth-order valence-corrected chi connectivity index (χ4v) is 1.04. The molecule has 0 spiro atoms. The Hall–Kier alpha value is -0.0551. The molecule has 0 amide bonds. The molecule has 2 unspecified atom stereocenters. The van der Waals surface area contributed by atoms with Crippen molar-refractivity contribution in [3.8, 4) is 0 Å². The average molecular weight is 144 g/mol. The molecule has 0 aromatic carbocycles. The molecular formula is C6H13BO3. The van der Waals surface area contributed by atoms with Gasteiger partial charge in [0.15, 0.2) is 0 Å². The maximum atomic E-state index is 8.99. The van der Waals surface area contributed by atoms with E-state index in [4.69, 9.17) is 14.3 Å². The predicted molar refractivity (Wildman–Crippen MR) is 38.3 cm³/mol. The van der Waals surface area contributed by atoms with Gasteiger partial charge in [-0.2, -0.15) is 0 Å². The van der Waals surface area contributed by atoms with E-state index < -0.39 is 7.32 Å². The Morgan fingerprint density at radius 1 is 1.20 bits per heavy atom. The van der Waals surface area contributed by atoms with Crippen LogP contribution in [-0.2, 0) is 9.31 Å². The second-order valence-corrected chi connectivity index (χ2v) is 2.78. The van der Waals surface area contributed by atoms with Crippen LogP contribution in [0.1, 0.15) is 26.7 Å². The van der Waals surface area contributed by atoms with Gasteiger partial charge in [0.1, 0.15) is 0 Å². The highest BCUT2D eigenvalue weighted by atomic mass is 16.7. The highest BCUT2D eigenvalue weighted by molar-refractivity contribution is 6.34. The first kappa shape index (κ1) is 8.05. The monoisotopic (exact) mass is 144 g/mol. The van der Waals surface area contributed by atoms with Gasteiger partial charge >= 0.3 is 7.32 Å². The van der Waals surface area contributed by atoms with Gasteiger partial charge in [-0.15, -0.1) is 0 Å². The molecule has 1 fully saturated rings. The summed E-state index contributed by atoms with van der Waals surface area (Å²) in [6, 6.07) is 0. The molecule has 0 radical (unpaired) electrons. The van der Waals surface area contributed by atoms with E-state index in [1.807, 2.05) is 13.8 Å². The van der Waals surface area contributed by atoms with Gasteiger partial charge in [-0.1, -0.05) is 0 Å². The summed E-state index contributed by atoms with van der Waals surface area (Å²) in [4.78, 5) is 0. The van der Waals surface area contributed by atoms with Gasteiger partial charge in [-0.25, -0.2) is 0 Å². The van der Waals surface area contributed by atoms with Crippen LogP contribution in [-0.4, -0.2) is 24.6 Å². The minimum Gasteiger partial charge on any atom is -0.402 e. The summed E-state index contributed by atoms with van der Waals surface area (Å²) in [6.07, 6.45) is 2.14. The molecule has 4 heteroatoms. The molecule has 10 heavy (non-hydrogen) atoms. The molecule has 1 aliphatic heterocycles. The summed E-state index contributed by atoms with van der Waals surface area (Å²) in [5, 5.41) is 8.99. The SMILES string of the molecule is CC1CCC(C)OB(O)O1. The molecule has 1 N–H and O–H groups in total. The van der Waals surface area contributed by atoms with Crippen LogP contribution in [0.25, 0.3) is 0 Å². The molecule has 0 aliphatic carbocycles. The van der Waals surface area contributed by atoms with Crippen LogP contribution >= 0.6 is 0 Å². The lowest BCUT2D eigenvalue weighted by Gasteiger charge is -2.08. The minimum absolute atomic E-state index is 0.111. The van der Waals surface area contributed by atoms with Crippen molar-refractivity contribution >= 4 is 7.32 Å². The Morgan fingerprint density at radius 2 is 1.60 bits per heavy atom. The fourth-order valence-electron chi connectivity index (χ4n) is 1.04. The van der Waals surface area contributed by atoms with E-state index in [0.29, 0.717) is 0 Å². The van der Waals surface area contributed by atoms with Crippen LogP contribution in [0.15, 0.2) is 0 Å². The standard InChI is InChI=1S/C6H13BO3/c1-5-3-4-6(2)10-7(8)9-5/h5-6,8H,3-4H2,1-2H3. The van der Waals surface area contributed by atoms with E-state index in [1.165, 1.54) is 0 Å². The van der Waals surface area contributed by atoms with E-state index in [9.17, 15) is 0 Å². The zero-order chi connectivity index (χ0) is 7.56. The van der Waals surface area contributed by atoms with E-state index in [2.05, 4.69) is 0 Å². The first-order valence-corrected chi connectivity index (χ1v) is 3.67. The topological polar surface area (TPSA) is 38.7 Å². The third kappa shape index (κ3) is 2.29. The van der Waals surface area contributed by atoms with Crippen molar-refractivity contribution in [3.05, 3.63) is 0 Å². The van der Waals surface area contributed by atoms with Crippen molar-refractivity contribution < 1.29 is 14.3 Å². The Morgan fingerprint density at radius 3 is 2.00 bits per heavy atom. The summed E-state index contributed by atoms with van der Waals surface area (Å²) in [5.74, 6) is 0. The maximum Gasteiger partial charge on any atom is 0.637 e. The zero-order valence-electron chi connectivity index (χ0n) is 6.41. The Bertz CT molecular complexity index is 97.2. The van der Waals surface area contributed by atoms with Crippen molar-refractivity contribution in [2.45, 2.75) is 38.9 Å². The molecule has 1 rings (SSSR count). The van der Waals surface area contributed by atoms with E-state index in [1.54, 1.807) is 0 Å². The smallest absolute Gasteiger partial charge is 0.402 e. The number of hydrogen-bond acceptors (Lipinski definition) is 3. The van der Waals surface area contributed by atoms with Crippen LogP contribution in [0.3, 0.4) is 0 Å². The van der Waals surface area contributed by atoms with Crippen LogP contribution in [0.2, 0.25) is 0 Å². The molecule has 1 heterocycles. The quantitative estimate of drug-likeness (QED) is 0.505. The fraction of sp³-hybridized carbons (Fsp3) is 1.00. The van der Waals surface area contributed by atoms with Gasteiger partial charge in [0.05, 0.1) is 0 Å². The number of rotatable bonds is 0. The van der Waals surface area contributed by atoms with Crippen LogP contribution < -0.4 is 0 Å². The minimum atomic E-state index is -1.02. The lowest BCUT2D eigenvalue weighted by Crippen LogP contribution is -2.26. The molecule has 1 saturated heterocycles. The highest BCUT2D eigenvalue weighted by Crippen LogP contribution is 2.13. The van der Waals surface area contributed by atoms with Crippen LogP contribution in [0, 0.1) is 0 Å². The summed E-state index contributed by atoms with van der Waals surface area (Å²) >= 11 is 0. The second-order valence-electron chi connectivity index (χ2n) is 2.78. The first-order valence-electron chi connectivity index (χ1n) is 3.67. The summed E-state index contributed by atoms with van der Waals surface area (Å²) in [7, 11) is -1.02. The van der Waals surface area contributed by atoms with Gasteiger partial charge < -0.3 is 14.3 Å². The zero-order valence-corrected chi connectivity index (χ0v) is 6.41. The third-order valence-electron chi connectivity index (χ3n) is 1.68. The van der Waals surface area contributed by atoms with Crippen molar-refractivity contribution in [1.82, 2.24) is 0 Å². The Kier molecular flexibility index (Phi) is 2.71. The second kappa shape index (κ2) is 3.37. The predicted octanol–water partition coefficient (Wildman–Crippen LogP) is 0.568. The molecule has 3 nitrogen and oxygen atoms in total. The lowest BCUT2D eigenvalue weighted by molar-refractivity contribution is 0.0994. The third-order valence-corrected chi connectivity index (χ3v) is 1.68. The lowest BCUT2D eigenvalue weighted by atomic mass is 10.1. The number of hydrogen-bond donors (Lipinski definition) is 1. The van der Waals surface area contributed by atoms with E-state index >= 15 is 0 Å². The molecule has 1 aliphatic rings. The molecule has 58 valence electrons. The van der Waals surface area contributed by atoms with Crippen LogP contribution in [0.4, 0.5) is 0 Å². The normalized spacial score (nSPS) is 35.7. The van der Waals surface area contributed by atoms with Crippen molar-refractivity contribution in [1.29, 1.82) is 0 Å².